The normalized spacial score (nSPS) is 20.6. The molecule has 1 heterocycles. The lowest BCUT2D eigenvalue weighted by molar-refractivity contribution is -0.144. The van der Waals surface area contributed by atoms with Crippen LogP contribution in [0.1, 0.15) is 25.8 Å². The summed E-state index contributed by atoms with van der Waals surface area (Å²) in [6.45, 7) is 3.78. The standard InChI is InChI=1S/C20H24O7/c1-4-14-12(2)27-11-16(20(24)25-3)15(14)10-19(23)26-8-7-13-5-6-17(21)18(22)9-13/h4-6,9,11-12,15,21-22H,7-8,10H2,1-3H3/b14-4+/t12-,15-/m0/s1. The number of carbonyl (C=O) groups excluding carboxylic acids is 2. The molecule has 1 aromatic carbocycles. The molecule has 146 valence electrons. The van der Waals surface area contributed by atoms with Crippen molar-refractivity contribution >= 4 is 11.9 Å². The first kappa shape index (κ1) is 20.4. The summed E-state index contributed by atoms with van der Waals surface area (Å²) < 4.78 is 15.5. The molecule has 0 spiro atoms. The molecule has 0 bridgehead atoms. The van der Waals surface area contributed by atoms with Gasteiger partial charge in [0.25, 0.3) is 0 Å². The van der Waals surface area contributed by atoms with Gasteiger partial charge in [-0.15, -0.1) is 0 Å². The number of allylic oxidation sites excluding steroid dienone is 1. The van der Waals surface area contributed by atoms with E-state index in [-0.39, 0.29) is 36.2 Å². The summed E-state index contributed by atoms with van der Waals surface area (Å²) in [5, 5.41) is 18.8. The molecular formula is C20H24O7. The van der Waals surface area contributed by atoms with Crippen molar-refractivity contribution in [1.82, 2.24) is 0 Å². The Morgan fingerprint density at radius 3 is 2.63 bits per heavy atom. The highest BCUT2D eigenvalue weighted by Gasteiger charge is 2.34. The maximum Gasteiger partial charge on any atom is 0.337 e. The highest BCUT2D eigenvalue weighted by molar-refractivity contribution is 5.90. The zero-order chi connectivity index (χ0) is 20.0. The monoisotopic (exact) mass is 376 g/mol. The molecule has 0 aromatic heterocycles. The third kappa shape index (κ3) is 5.03. The number of ether oxygens (including phenoxy) is 3. The van der Waals surface area contributed by atoms with Crippen molar-refractivity contribution in [3.8, 4) is 11.5 Å². The van der Waals surface area contributed by atoms with Gasteiger partial charge in [0, 0.05) is 12.3 Å². The Labute approximate surface area is 157 Å². The van der Waals surface area contributed by atoms with E-state index in [9.17, 15) is 19.8 Å². The average molecular weight is 376 g/mol. The Morgan fingerprint density at radius 1 is 1.26 bits per heavy atom. The number of methoxy groups -OCH3 is 1. The van der Waals surface area contributed by atoms with Crippen molar-refractivity contribution in [2.45, 2.75) is 32.8 Å². The van der Waals surface area contributed by atoms with Gasteiger partial charge in [-0.2, -0.15) is 0 Å². The Balaban J connectivity index is 1.99. The average Bonchev–Trinajstić information content (AvgIpc) is 2.64. The van der Waals surface area contributed by atoms with Crippen LogP contribution in [0, 0.1) is 5.92 Å². The van der Waals surface area contributed by atoms with Crippen LogP contribution in [0.15, 0.2) is 41.7 Å². The van der Waals surface area contributed by atoms with Gasteiger partial charge in [-0.1, -0.05) is 12.1 Å². The van der Waals surface area contributed by atoms with E-state index in [1.165, 1.54) is 25.5 Å². The molecule has 0 saturated heterocycles. The summed E-state index contributed by atoms with van der Waals surface area (Å²) in [7, 11) is 1.28. The van der Waals surface area contributed by atoms with Gasteiger partial charge in [0.2, 0.25) is 0 Å². The number of rotatable bonds is 6. The van der Waals surface area contributed by atoms with Gasteiger partial charge >= 0.3 is 11.9 Å². The summed E-state index contributed by atoms with van der Waals surface area (Å²) in [5.74, 6) is -1.88. The van der Waals surface area contributed by atoms with Crippen molar-refractivity contribution in [3.63, 3.8) is 0 Å². The van der Waals surface area contributed by atoms with E-state index in [4.69, 9.17) is 14.2 Å². The van der Waals surface area contributed by atoms with Gasteiger partial charge in [0.1, 0.15) is 6.10 Å². The summed E-state index contributed by atoms with van der Waals surface area (Å²) >= 11 is 0. The van der Waals surface area contributed by atoms with Crippen LogP contribution in [0.25, 0.3) is 0 Å². The molecule has 2 rings (SSSR count). The molecule has 2 atom stereocenters. The van der Waals surface area contributed by atoms with Crippen LogP contribution in [0.3, 0.4) is 0 Å². The summed E-state index contributed by atoms with van der Waals surface area (Å²) in [5.41, 5.74) is 1.82. The number of benzene rings is 1. The van der Waals surface area contributed by atoms with Crippen LogP contribution < -0.4 is 0 Å². The van der Waals surface area contributed by atoms with Gasteiger partial charge in [-0.3, -0.25) is 4.79 Å². The molecule has 2 N–H and O–H groups in total. The molecule has 0 fully saturated rings. The van der Waals surface area contributed by atoms with Gasteiger partial charge in [0.15, 0.2) is 11.5 Å². The lowest BCUT2D eigenvalue weighted by Gasteiger charge is -2.30. The Bertz CT molecular complexity index is 764. The zero-order valence-electron chi connectivity index (χ0n) is 15.6. The molecule has 7 heteroatoms. The number of hydrogen-bond donors (Lipinski definition) is 2. The lowest BCUT2D eigenvalue weighted by atomic mass is 9.84. The smallest absolute Gasteiger partial charge is 0.337 e. The van der Waals surface area contributed by atoms with Crippen molar-refractivity contribution in [2.75, 3.05) is 13.7 Å². The van der Waals surface area contributed by atoms with Crippen LogP contribution in [0.2, 0.25) is 0 Å². The van der Waals surface area contributed by atoms with Crippen molar-refractivity contribution in [2.24, 2.45) is 5.92 Å². The molecule has 0 unspecified atom stereocenters. The van der Waals surface area contributed by atoms with Gasteiger partial charge < -0.3 is 24.4 Å². The molecule has 0 saturated carbocycles. The topological polar surface area (TPSA) is 102 Å². The fourth-order valence-electron chi connectivity index (χ4n) is 3.00. The van der Waals surface area contributed by atoms with Gasteiger partial charge in [0.05, 0.1) is 32.0 Å². The van der Waals surface area contributed by atoms with Crippen molar-refractivity contribution in [1.29, 1.82) is 0 Å². The van der Waals surface area contributed by atoms with Gasteiger partial charge in [-0.25, -0.2) is 4.79 Å². The third-order valence-corrected chi connectivity index (χ3v) is 4.47. The predicted octanol–water partition coefficient (Wildman–Crippen LogP) is 2.61. The minimum absolute atomic E-state index is 0.00483. The second-order valence-corrected chi connectivity index (χ2v) is 6.18. The summed E-state index contributed by atoms with van der Waals surface area (Å²) in [6, 6.07) is 4.43. The SMILES string of the molecule is C/C=C1\[C@H](C)OC=C(C(=O)OC)[C@H]1CC(=O)OCCc1ccc(O)c(O)c1. The fraction of sp³-hybridized carbons (Fsp3) is 0.400. The Morgan fingerprint density at radius 2 is 2.00 bits per heavy atom. The molecule has 1 aliphatic rings. The van der Waals surface area contributed by atoms with Crippen LogP contribution in [-0.4, -0.2) is 42.0 Å². The molecule has 7 nitrogen and oxygen atoms in total. The minimum Gasteiger partial charge on any atom is -0.504 e. The van der Waals surface area contributed by atoms with E-state index in [1.807, 2.05) is 19.9 Å². The molecular weight excluding hydrogens is 352 g/mol. The molecule has 1 aromatic rings. The third-order valence-electron chi connectivity index (χ3n) is 4.47. The maximum absolute atomic E-state index is 12.3. The van der Waals surface area contributed by atoms with E-state index in [2.05, 4.69) is 0 Å². The second-order valence-electron chi connectivity index (χ2n) is 6.18. The summed E-state index contributed by atoms with van der Waals surface area (Å²) in [6.07, 6.45) is 3.31. The number of hydrogen-bond acceptors (Lipinski definition) is 7. The highest BCUT2D eigenvalue weighted by atomic mass is 16.5. The van der Waals surface area contributed by atoms with Crippen LogP contribution in [-0.2, 0) is 30.2 Å². The van der Waals surface area contributed by atoms with Crippen LogP contribution >= 0.6 is 0 Å². The Kier molecular flexibility index (Phi) is 6.87. The first-order valence-corrected chi connectivity index (χ1v) is 8.63. The lowest BCUT2D eigenvalue weighted by Crippen LogP contribution is -2.30. The highest BCUT2D eigenvalue weighted by Crippen LogP contribution is 2.33. The second kappa shape index (κ2) is 9.12. The van der Waals surface area contributed by atoms with E-state index in [0.29, 0.717) is 6.42 Å². The molecule has 0 radical (unpaired) electrons. The quantitative estimate of drug-likeness (QED) is 0.447. The molecule has 1 aliphatic heterocycles. The van der Waals surface area contributed by atoms with Crippen LogP contribution in [0.4, 0.5) is 0 Å². The predicted molar refractivity (Wildman–Crippen MR) is 96.9 cm³/mol. The number of phenolic OH excluding ortho intramolecular Hbond substituents is 2. The van der Waals surface area contributed by atoms with E-state index < -0.39 is 17.9 Å². The van der Waals surface area contributed by atoms with Crippen molar-refractivity contribution < 1.29 is 34.0 Å². The summed E-state index contributed by atoms with van der Waals surface area (Å²) in [4.78, 5) is 24.3. The molecule has 27 heavy (non-hydrogen) atoms. The van der Waals surface area contributed by atoms with E-state index >= 15 is 0 Å². The van der Waals surface area contributed by atoms with Crippen LogP contribution in [0.5, 0.6) is 11.5 Å². The molecule has 0 amide bonds. The van der Waals surface area contributed by atoms with E-state index in [1.54, 1.807) is 6.07 Å². The number of esters is 2. The van der Waals surface area contributed by atoms with Crippen molar-refractivity contribution in [3.05, 3.63) is 47.2 Å². The Hall–Kier alpha value is -2.96. The zero-order valence-corrected chi connectivity index (χ0v) is 15.6. The first-order valence-electron chi connectivity index (χ1n) is 8.63. The number of carbonyl (C=O) groups is 2. The molecule has 0 aliphatic carbocycles. The fourth-order valence-corrected chi connectivity index (χ4v) is 3.00. The first-order chi connectivity index (χ1) is 12.9. The minimum atomic E-state index is -0.543. The largest absolute Gasteiger partial charge is 0.504 e. The maximum atomic E-state index is 12.3. The number of aromatic hydroxyl groups is 2. The van der Waals surface area contributed by atoms with Gasteiger partial charge in [-0.05, 0) is 37.1 Å². The number of phenols is 2. The van der Waals surface area contributed by atoms with E-state index in [0.717, 1.165) is 11.1 Å².